The minimum Gasteiger partial charge on any atom is -0.0620 e. The smallest absolute Gasteiger partial charge is 0.00698 e. The maximum absolute atomic E-state index is 2.53. The van der Waals surface area contributed by atoms with Crippen LogP contribution < -0.4 is 0 Å². The zero-order valence-corrected chi connectivity index (χ0v) is 24.2. The van der Waals surface area contributed by atoms with Gasteiger partial charge < -0.3 is 0 Å². The predicted octanol–water partition coefficient (Wildman–Crippen LogP) is 10.4. The summed E-state index contributed by atoms with van der Waals surface area (Å²) in [4.78, 5) is 0. The van der Waals surface area contributed by atoms with Gasteiger partial charge in [-0.25, -0.2) is 0 Å². The molecule has 0 nitrogen and oxygen atoms in total. The number of hydrogen-bond acceptors (Lipinski definition) is 0. The van der Waals surface area contributed by atoms with E-state index < -0.39 is 0 Å². The summed E-state index contributed by atoms with van der Waals surface area (Å²) in [5.41, 5.74) is 16.8. The van der Waals surface area contributed by atoms with Gasteiger partial charge in [-0.15, -0.1) is 0 Å². The first kappa shape index (κ1) is 25.2. The Labute approximate surface area is 230 Å². The van der Waals surface area contributed by atoms with Crippen LogP contribution in [-0.4, -0.2) is 0 Å². The van der Waals surface area contributed by atoms with E-state index in [0.717, 1.165) is 6.42 Å². The van der Waals surface area contributed by atoms with E-state index in [-0.39, 0.29) is 0 Å². The molecule has 5 atom stereocenters. The van der Waals surface area contributed by atoms with Crippen LogP contribution >= 0.6 is 0 Å². The van der Waals surface area contributed by atoms with Gasteiger partial charge in [0.1, 0.15) is 0 Å². The van der Waals surface area contributed by atoms with Crippen molar-refractivity contribution in [1.82, 2.24) is 0 Å². The zero-order valence-electron chi connectivity index (χ0n) is 24.2. The third kappa shape index (κ3) is 3.87. The standard InChI is InChI=1S/C38H42/c1-22(2)37-29(18-19-35-25(5)31-13-10-11-15-33(31)27(7)38(35)37)23(3)20-28-16-17-34-24(4)30-12-8-9-14-32(30)26(6)36(34)21-28/h8-19,21-27H,20H2,1-7H3. The first-order chi connectivity index (χ1) is 18.3. The zero-order chi connectivity index (χ0) is 26.7. The van der Waals surface area contributed by atoms with Gasteiger partial charge in [0.05, 0.1) is 0 Å². The van der Waals surface area contributed by atoms with Gasteiger partial charge in [-0.3, -0.25) is 0 Å². The van der Waals surface area contributed by atoms with E-state index in [1.165, 1.54) is 44.5 Å². The fourth-order valence-corrected chi connectivity index (χ4v) is 7.85. The fraction of sp³-hybridized carbons (Fsp3) is 0.368. The van der Waals surface area contributed by atoms with E-state index in [9.17, 15) is 0 Å². The van der Waals surface area contributed by atoms with Crippen LogP contribution in [0.4, 0.5) is 0 Å². The van der Waals surface area contributed by atoms with E-state index >= 15 is 0 Å². The summed E-state index contributed by atoms with van der Waals surface area (Å²) in [5.74, 6) is 2.77. The van der Waals surface area contributed by atoms with Crippen LogP contribution in [0.2, 0.25) is 0 Å². The Bertz CT molecular complexity index is 1500. The number of hydrogen-bond donors (Lipinski definition) is 0. The van der Waals surface area contributed by atoms with Crippen molar-refractivity contribution in [2.24, 2.45) is 0 Å². The molecule has 0 N–H and O–H groups in total. The van der Waals surface area contributed by atoms with Crippen molar-refractivity contribution in [3.8, 4) is 0 Å². The first-order valence-corrected chi connectivity index (χ1v) is 14.7. The van der Waals surface area contributed by atoms with Gasteiger partial charge >= 0.3 is 0 Å². The van der Waals surface area contributed by atoms with Gasteiger partial charge in [-0.1, -0.05) is 127 Å². The van der Waals surface area contributed by atoms with Gasteiger partial charge in [0.15, 0.2) is 0 Å². The lowest BCUT2D eigenvalue weighted by atomic mass is 9.69. The summed E-state index contributed by atoms with van der Waals surface area (Å²) < 4.78 is 0. The van der Waals surface area contributed by atoms with Gasteiger partial charge in [-0.2, -0.15) is 0 Å². The second kappa shape index (κ2) is 9.57. The molecule has 0 saturated carbocycles. The molecular weight excluding hydrogens is 456 g/mol. The average molecular weight is 499 g/mol. The van der Waals surface area contributed by atoms with E-state index in [2.05, 4.69) is 127 Å². The van der Waals surface area contributed by atoms with Crippen LogP contribution in [0.5, 0.6) is 0 Å². The molecule has 0 radical (unpaired) electrons. The quantitative estimate of drug-likeness (QED) is 0.262. The molecule has 2 aliphatic carbocycles. The number of fused-ring (bicyclic) bond motifs is 4. The van der Waals surface area contributed by atoms with Crippen molar-refractivity contribution in [2.45, 2.75) is 90.4 Å². The molecule has 6 rings (SSSR count). The predicted molar refractivity (Wildman–Crippen MR) is 162 cm³/mol. The highest BCUT2D eigenvalue weighted by Gasteiger charge is 2.32. The highest BCUT2D eigenvalue weighted by atomic mass is 14.4. The van der Waals surface area contributed by atoms with E-state index in [0.29, 0.717) is 35.5 Å². The molecule has 0 amide bonds. The third-order valence-corrected chi connectivity index (χ3v) is 9.85. The second-order valence-corrected chi connectivity index (χ2v) is 12.4. The average Bonchev–Trinajstić information content (AvgIpc) is 2.93. The van der Waals surface area contributed by atoms with Crippen LogP contribution in [0, 0.1) is 0 Å². The maximum atomic E-state index is 2.53. The molecule has 0 bridgehead atoms. The monoisotopic (exact) mass is 498 g/mol. The van der Waals surface area contributed by atoms with Crippen molar-refractivity contribution in [3.63, 3.8) is 0 Å². The number of benzene rings is 4. The molecule has 0 heterocycles. The Hall–Kier alpha value is -3.12. The van der Waals surface area contributed by atoms with Crippen LogP contribution in [0.25, 0.3) is 0 Å². The fourth-order valence-electron chi connectivity index (χ4n) is 7.85. The minimum atomic E-state index is 0.438. The van der Waals surface area contributed by atoms with Crippen molar-refractivity contribution >= 4 is 0 Å². The van der Waals surface area contributed by atoms with Gasteiger partial charge in [0.25, 0.3) is 0 Å². The third-order valence-electron chi connectivity index (χ3n) is 9.85. The maximum Gasteiger partial charge on any atom is 0.00698 e. The van der Waals surface area contributed by atoms with Crippen molar-refractivity contribution in [3.05, 3.63) is 140 Å². The van der Waals surface area contributed by atoms with Gasteiger partial charge in [0.2, 0.25) is 0 Å². The van der Waals surface area contributed by atoms with Crippen LogP contribution in [0.3, 0.4) is 0 Å². The molecule has 0 saturated heterocycles. The lowest BCUT2D eigenvalue weighted by molar-refractivity contribution is 0.689. The highest BCUT2D eigenvalue weighted by Crippen LogP contribution is 2.48. The molecular formula is C38H42. The Morgan fingerprint density at radius 3 is 1.58 bits per heavy atom. The normalized spacial score (nSPS) is 22.3. The van der Waals surface area contributed by atoms with E-state index in [4.69, 9.17) is 0 Å². The lowest BCUT2D eigenvalue weighted by Gasteiger charge is -2.35. The molecule has 4 aromatic carbocycles. The molecule has 0 fully saturated rings. The van der Waals surface area contributed by atoms with Crippen molar-refractivity contribution in [2.75, 3.05) is 0 Å². The largest absolute Gasteiger partial charge is 0.0620 e. The highest BCUT2D eigenvalue weighted by molar-refractivity contribution is 5.58. The Balaban J connectivity index is 1.37. The van der Waals surface area contributed by atoms with E-state index in [1.807, 2.05) is 0 Å². The SMILES string of the molecule is CC(C)c1c(C(C)Cc2ccc3c(c2)C(C)c2ccccc2C3C)ccc2c1C(C)c1ccccc1C2C. The topological polar surface area (TPSA) is 0 Å². The summed E-state index contributed by atoms with van der Waals surface area (Å²) in [6.07, 6.45) is 1.08. The molecule has 0 heteroatoms. The lowest BCUT2D eigenvalue weighted by Crippen LogP contribution is -2.19. The molecule has 0 spiro atoms. The summed E-state index contributed by atoms with van der Waals surface area (Å²) >= 11 is 0. The summed E-state index contributed by atoms with van der Waals surface area (Å²) in [7, 11) is 0. The van der Waals surface area contributed by atoms with Crippen molar-refractivity contribution < 1.29 is 0 Å². The van der Waals surface area contributed by atoms with Crippen molar-refractivity contribution in [1.29, 1.82) is 0 Å². The summed E-state index contributed by atoms with van der Waals surface area (Å²) in [5, 5.41) is 0. The molecule has 38 heavy (non-hydrogen) atoms. The minimum absolute atomic E-state index is 0.438. The van der Waals surface area contributed by atoms with E-state index in [1.54, 1.807) is 16.7 Å². The molecule has 2 aliphatic rings. The Morgan fingerprint density at radius 1 is 0.526 bits per heavy atom. The Kier molecular flexibility index (Phi) is 6.34. The van der Waals surface area contributed by atoms with Crippen LogP contribution in [0.1, 0.15) is 145 Å². The summed E-state index contributed by atoms with van der Waals surface area (Å²) in [6, 6.07) is 30.4. The molecule has 194 valence electrons. The molecule has 0 aromatic heterocycles. The first-order valence-electron chi connectivity index (χ1n) is 14.7. The van der Waals surface area contributed by atoms with Crippen LogP contribution in [0.15, 0.2) is 78.9 Å². The van der Waals surface area contributed by atoms with Gasteiger partial charge in [-0.05, 0) is 79.5 Å². The Morgan fingerprint density at radius 2 is 1.00 bits per heavy atom. The molecule has 4 aromatic rings. The number of rotatable bonds is 4. The molecule has 5 unspecified atom stereocenters. The van der Waals surface area contributed by atoms with Crippen LogP contribution in [-0.2, 0) is 6.42 Å². The van der Waals surface area contributed by atoms with Gasteiger partial charge in [0, 0.05) is 23.7 Å². The summed E-state index contributed by atoms with van der Waals surface area (Å²) in [6.45, 7) is 16.8. The molecule has 0 aliphatic heterocycles. The second-order valence-electron chi connectivity index (χ2n) is 12.4.